The van der Waals surface area contributed by atoms with Gasteiger partial charge >= 0.3 is 0 Å². The molecule has 0 saturated heterocycles. The van der Waals surface area contributed by atoms with Crippen molar-refractivity contribution >= 4 is 11.6 Å². The molecule has 14 heavy (non-hydrogen) atoms. The molecular formula is C9H8ClNO3. The number of hydrogen-bond donors (Lipinski definition) is 0. The summed E-state index contributed by atoms with van der Waals surface area (Å²) in [6.07, 6.45) is 0.416. The van der Waals surface area contributed by atoms with Crippen molar-refractivity contribution in [2.45, 2.75) is 12.5 Å². The number of benzene rings is 1. The predicted molar refractivity (Wildman–Crippen MR) is 51.4 cm³/mol. The smallest absolute Gasteiger partial charge is 0.250 e. The van der Waals surface area contributed by atoms with Crippen LogP contribution >= 0.6 is 11.6 Å². The summed E-state index contributed by atoms with van der Waals surface area (Å²) in [5, 5.41) is 11.1. The molecule has 1 atom stereocenters. The van der Waals surface area contributed by atoms with Gasteiger partial charge in [0, 0.05) is 21.9 Å². The quantitative estimate of drug-likeness (QED) is 0.529. The van der Waals surface area contributed by atoms with E-state index in [2.05, 4.69) is 0 Å². The fraction of sp³-hybridized carbons (Fsp3) is 0.333. The third-order valence-corrected chi connectivity index (χ3v) is 2.45. The molecule has 0 fully saturated rings. The number of halogens is 1. The third kappa shape index (κ3) is 1.65. The van der Waals surface area contributed by atoms with Gasteiger partial charge in [0.25, 0.3) is 6.04 Å². The predicted octanol–water partition coefficient (Wildman–Crippen LogP) is 1.92. The first-order valence-corrected chi connectivity index (χ1v) is 4.59. The molecule has 0 aromatic heterocycles. The monoisotopic (exact) mass is 213 g/mol. The van der Waals surface area contributed by atoms with Crippen molar-refractivity contribution < 1.29 is 9.66 Å². The van der Waals surface area contributed by atoms with E-state index in [4.69, 9.17) is 16.3 Å². The number of nitro groups is 1. The minimum Gasteiger partial charge on any atom is -0.486 e. The van der Waals surface area contributed by atoms with Crippen LogP contribution in [0.1, 0.15) is 5.56 Å². The standard InChI is InChI=1S/C9H8ClNO3/c10-7-2-1-6-3-8(11(12)13)5-14-9(6)4-7/h1-2,4,8H,3,5H2. The van der Waals surface area contributed by atoms with Gasteiger partial charge in [0.05, 0.1) is 0 Å². The highest BCUT2D eigenvalue weighted by molar-refractivity contribution is 6.30. The van der Waals surface area contributed by atoms with Gasteiger partial charge in [-0.25, -0.2) is 0 Å². The summed E-state index contributed by atoms with van der Waals surface area (Å²) < 4.78 is 5.25. The molecule has 1 unspecified atom stereocenters. The van der Waals surface area contributed by atoms with Crippen molar-refractivity contribution in [1.82, 2.24) is 0 Å². The maximum atomic E-state index is 10.5. The van der Waals surface area contributed by atoms with E-state index < -0.39 is 6.04 Å². The summed E-state index contributed by atoms with van der Waals surface area (Å²) in [6, 6.07) is 4.54. The molecule has 0 N–H and O–H groups in total. The highest BCUT2D eigenvalue weighted by Gasteiger charge is 2.28. The van der Waals surface area contributed by atoms with Crippen molar-refractivity contribution in [3.05, 3.63) is 38.9 Å². The van der Waals surface area contributed by atoms with Gasteiger partial charge in [-0.3, -0.25) is 10.1 Å². The zero-order valence-electron chi connectivity index (χ0n) is 7.27. The van der Waals surface area contributed by atoms with Crippen LogP contribution in [0.15, 0.2) is 18.2 Å². The lowest BCUT2D eigenvalue weighted by Gasteiger charge is -2.19. The van der Waals surface area contributed by atoms with Gasteiger partial charge in [0.1, 0.15) is 5.75 Å². The third-order valence-electron chi connectivity index (χ3n) is 2.21. The summed E-state index contributed by atoms with van der Waals surface area (Å²) in [4.78, 5) is 10.2. The minimum absolute atomic E-state index is 0.125. The maximum Gasteiger partial charge on any atom is 0.250 e. The molecule has 0 aliphatic carbocycles. The normalized spacial score (nSPS) is 19.6. The van der Waals surface area contributed by atoms with Gasteiger partial charge in [-0.05, 0) is 12.1 Å². The van der Waals surface area contributed by atoms with Crippen LogP contribution in [-0.4, -0.2) is 17.6 Å². The Hall–Kier alpha value is -1.29. The van der Waals surface area contributed by atoms with E-state index in [9.17, 15) is 10.1 Å². The van der Waals surface area contributed by atoms with Crippen LogP contribution in [-0.2, 0) is 6.42 Å². The first-order chi connectivity index (χ1) is 6.66. The lowest BCUT2D eigenvalue weighted by molar-refractivity contribution is -0.525. The van der Waals surface area contributed by atoms with E-state index in [1.807, 2.05) is 0 Å². The van der Waals surface area contributed by atoms with Crippen LogP contribution in [0, 0.1) is 10.1 Å². The van der Waals surface area contributed by atoms with Crippen LogP contribution < -0.4 is 4.74 Å². The van der Waals surface area contributed by atoms with Crippen molar-refractivity contribution in [2.24, 2.45) is 0 Å². The molecule has 4 nitrogen and oxygen atoms in total. The van der Waals surface area contributed by atoms with Crippen molar-refractivity contribution in [1.29, 1.82) is 0 Å². The molecule has 74 valence electrons. The fourth-order valence-electron chi connectivity index (χ4n) is 1.47. The Morgan fingerprint density at radius 2 is 2.36 bits per heavy atom. The zero-order valence-corrected chi connectivity index (χ0v) is 8.03. The first kappa shape index (κ1) is 9.27. The SMILES string of the molecule is O=[N+]([O-])C1COc2cc(Cl)ccc2C1. The molecule has 0 spiro atoms. The minimum atomic E-state index is -0.635. The molecule has 1 aromatic rings. The van der Waals surface area contributed by atoms with E-state index in [1.54, 1.807) is 18.2 Å². The molecule has 1 aromatic carbocycles. The molecule has 0 bridgehead atoms. The Kier molecular flexibility index (Phi) is 2.29. The van der Waals surface area contributed by atoms with E-state index in [1.165, 1.54) is 0 Å². The van der Waals surface area contributed by atoms with Gasteiger partial charge in [-0.2, -0.15) is 0 Å². The number of rotatable bonds is 1. The Bertz CT molecular complexity index is 380. The highest BCUT2D eigenvalue weighted by atomic mass is 35.5. The van der Waals surface area contributed by atoms with Crippen LogP contribution in [0.4, 0.5) is 0 Å². The number of nitrogens with zero attached hydrogens (tertiary/aromatic N) is 1. The summed E-state index contributed by atoms with van der Waals surface area (Å²) >= 11 is 5.76. The summed E-state index contributed by atoms with van der Waals surface area (Å²) in [5.74, 6) is 0.663. The van der Waals surface area contributed by atoms with E-state index in [-0.39, 0.29) is 11.5 Å². The molecule has 5 heteroatoms. The molecule has 0 amide bonds. The largest absolute Gasteiger partial charge is 0.486 e. The van der Waals surface area contributed by atoms with Crippen molar-refractivity contribution in [2.75, 3.05) is 6.61 Å². The van der Waals surface area contributed by atoms with Gasteiger partial charge < -0.3 is 4.74 Å². The average Bonchev–Trinajstić information content (AvgIpc) is 2.16. The number of fused-ring (bicyclic) bond motifs is 1. The van der Waals surface area contributed by atoms with Gasteiger partial charge in [-0.15, -0.1) is 0 Å². The van der Waals surface area contributed by atoms with Crippen LogP contribution in [0.2, 0.25) is 5.02 Å². The number of ether oxygens (including phenoxy) is 1. The van der Waals surface area contributed by atoms with Crippen LogP contribution in [0.5, 0.6) is 5.75 Å². The van der Waals surface area contributed by atoms with E-state index >= 15 is 0 Å². The molecule has 1 heterocycles. The van der Waals surface area contributed by atoms with Crippen LogP contribution in [0.25, 0.3) is 0 Å². The lowest BCUT2D eigenvalue weighted by atomic mass is 10.0. The Balaban J connectivity index is 2.27. The molecule has 0 radical (unpaired) electrons. The van der Waals surface area contributed by atoms with Crippen molar-refractivity contribution in [3.8, 4) is 5.75 Å². The highest BCUT2D eigenvalue weighted by Crippen LogP contribution is 2.28. The zero-order chi connectivity index (χ0) is 10.1. The molecule has 1 aliphatic rings. The molecule has 0 saturated carbocycles. The molecule has 1 aliphatic heterocycles. The van der Waals surface area contributed by atoms with Crippen molar-refractivity contribution in [3.63, 3.8) is 0 Å². The van der Waals surface area contributed by atoms with E-state index in [0.717, 1.165) is 5.56 Å². The van der Waals surface area contributed by atoms with Crippen LogP contribution in [0.3, 0.4) is 0 Å². The molecule has 2 rings (SSSR count). The fourth-order valence-corrected chi connectivity index (χ4v) is 1.63. The maximum absolute atomic E-state index is 10.5. The topological polar surface area (TPSA) is 52.4 Å². The molecular weight excluding hydrogens is 206 g/mol. The second-order valence-corrected chi connectivity index (χ2v) is 3.64. The van der Waals surface area contributed by atoms with Gasteiger partial charge in [-0.1, -0.05) is 17.7 Å². The Labute approximate surface area is 85.6 Å². The summed E-state index contributed by atoms with van der Waals surface area (Å²) in [6.45, 7) is 0.125. The summed E-state index contributed by atoms with van der Waals surface area (Å²) in [7, 11) is 0. The second-order valence-electron chi connectivity index (χ2n) is 3.21. The Morgan fingerprint density at radius 3 is 3.07 bits per heavy atom. The Morgan fingerprint density at radius 1 is 1.57 bits per heavy atom. The average molecular weight is 214 g/mol. The summed E-state index contributed by atoms with van der Waals surface area (Å²) in [5.41, 5.74) is 0.849. The second kappa shape index (κ2) is 3.46. The van der Waals surface area contributed by atoms with E-state index in [0.29, 0.717) is 17.2 Å². The lowest BCUT2D eigenvalue weighted by Crippen LogP contribution is -2.32. The van der Waals surface area contributed by atoms with Gasteiger partial charge in [0.2, 0.25) is 0 Å². The van der Waals surface area contributed by atoms with Gasteiger partial charge in [0.15, 0.2) is 6.61 Å². The number of hydrogen-bond acceptors (Lipinski definition) is 3. The first-order valence-electron chi connectivity index (χ1n) is 4.21.